The van der Waals surface area contributed by atoms with Crippen molar-refractivity contribution < 1.29 is 4.79 Å². The molecule has 0 radical (unpaired) electrons. The molecule has 0 spiro atoms. The molecule has 1 unspecified atom stereocenters. The second-order valence-corrected chi connectivity index (χ2v) is 5.73. The van der Waals surface area contributed by atoms with E-state index in [0.29, 0.717) is 0 Å². The molecule has 18 heavy (non-hydrogen) atoms. The topological polar surface area (TPSA) is 61.9 Å². The molecular weight excluding hydrogens is 248 g/mol. The van der Waals surface area contributed by atoms with Crippen molar-refractivity contribution in [1.29, 1.82) is 0 Å². The van der Waals surface area contributed by atoms with Gasteiger partial charge in [0.1, 0.15) is 5.82 Å². The summed E-state index contributed by atoms with van der Waals surface area (Å²) < 4.78 is 0. The fraction of sp³-hybridized carbons (Fsp3) is 0.750. The van der Waals surface area contributed by atoms with Gasteiger partial charge in [0.15, 0.2) is 0 Å². The Hall–Kier alpha value is -1.04. The van der Waals surface area contributed by atoms with E-state index in [0.717, 1.165) is 18.0 Å². The molecule has 0 aromatic carbocycles. The van der Waals surface area contributed by atoms with Crippen LogP contribution < -0.4 is 0 Å². The Labute approximate surface area is 113 Å². The van der Waals surface area contributed by atoms with Gasteiger partial charge in [-0.05, 0) is 25.4 Å². The minimum absolute atomic E-state index is 0.119. The van der Waals surface area contributed by atoms with Gasteiger partial charge in [-0.15, -0.1) is 5.10 Å². The van der Waals surface area contributed by atoms with Crippen molar-refractivity contribution in [2.75, 3.05) is 19.1 Å². The standard InChI is InChI=1S/C12H22N4OS/c1-8(2)10-13-11(15-14-10)12(17)16(4)9(3)6-7-18-5/h8-9H,6-7H2,1-5H3,(H,13,14,15). The first-order valence-electron chi connectivity index (χ1n) is 6.15. The summed E-state index contributed by atoms with van der Waals surface area (Å²) in [4.78, 5) is 18.1. The van der Waals surface area contributed by atoms with Gasteiger partial charge in [0.2, 0.25) is 5.82 Å². The number of carbonyl (C=O) groups is 1. The van der Waals surface area contributed by atoms with E-state index >= 15 is 0 Å². The van der Waals surface area contributed by atoms with Crippen molar-refractivity contribution in [2.24, 2.45) is 0 Å². The quantitative estimate of drug-likeness (QED) is 0.860. The predicted molar refractivity (Wildman–Crippen MR) is 75.0 cm³/mol. The summed E-state index contributed by atoms with van der Waals surface area (Å²) in [7, 11) is 1.80. The fourth-order valence-electron chi connectivity index (χ4n) is 1.47. The molecule has 1 aromatic heterocycles. The van der Waals surface area contributed by atoms with Gasteiger partial charge in [-0.2, -0.15) is 11.8 Å². The van der Waals surface area contributed by atoms with Crippen molar-refractivity contribution in [3.8, 4) is 0 Å². The second-order valence-electron chi connectivity index (χ2n) is 4.75. The van der Waals surface area contributed by atoms with Crippen LogP contribution in [-0.2, 0) is 0 Å². The highest BCUT2D eigenvalue weighted by Gasteiger charge is 2.21. The zero-order valence-electron chi connectivity index (χ0n) is 11.7. The monoisotopic (exact) mass is 270 g/mol. The minimum atomic E-state index is -0.119. The number of H-pyrrole nitrogens is 1. The lowest BCUT2D eigenvalue weighted by molar-refractivity contribution is 0.0729. The van der Waals surface area contributed by atoms with Crippen LogP contribution in [0.5, 0.6) is 0 Å². The van der Waals surface area contributed by atoms with Crippen LogP contribution in [-0.4, -0.2) is 51.1 Å². The van der Waals surface area contributed by atoms with Gasteiger partial charge in [0, 0.05) is 19.0 Å². The molecule has 1 aromatic rings. The average molecular weight is 270 g/mol. The molecule has 0 saturated carbocycles. The third-order valence-corrected chi connectivity index (χ3v) is 3.61. The number of rotatable bonds is 6. The van der Waals surface area contributed by atoms with Crippen molar-refractivity contribution in [3.63, 3.8) is 0 Å². The third kappa shape index (κ3) is 3.73. The molecule has 0 aliphatic heterocycles. The van der Waals surface area contributed by atoms with Crippen LogP contribution in [0.1, 0.15) is 49.6 Å². The van der Waals surface area contributed by atoms with E-state index in [1.165, 1.54) is 0 Å². The number of aromatic amines is 1. The van der Waals surface area contributed by atoms with E-state index in [2.05, 4.69) is 21.4 Å². The molecule has 5 nitrogen and oxygen atoms in total. The SMILES string of the molecule is CSCCC(C)N(C)C(=O)c1n[nH]c(C(C)C)n1. The number of carbonyl (C=O) groups excluding carboxylic acids is 1. The Morgan fingerprint density at radius 1 is 1.44 bits per heavy atom. The highest BCUT2D eigenvalue weighted by Crippen LogP contribution is 2.11. The Kier molecular flexibility index (Phi) is 5.65. The number of nitrogens with one attached hydrogen (secondary N) is 1. The Morgan fingerprint density at radius 2 is 2.11 bits per heavy atom. The molecule has 0 aliphatic rings. The summed E-state index contributed by atoms with van der Waals surface area (Å²) in [5.41, 5.74) is 0. The van der Waals surface area contributed by atoms with Gasteiger partial charge >= 0.3 is 0 Å². The summed E-state index contributed by atoms with van der Waals surface area (Å²) in [6.45, 7) is 6.07. The van der Waals surface area contributed by atoms with Crippen LogP contribution in [0.25, 0.3) is 0 Å². The molecule has 1 atom stereocenters. The first kappa shape index (κ1) is 15.0. The highest BCUT2D eigenvalue weighted by molar-refractivity contribution is 7.98. The molecule has 6 heteroatoms. The molecule has 0 fully saturated rings. The number of aromatic nitrogens is 3. The maximum absolute atomic E-state index is 12.2. The van der Waals surface area contributed by atoms with Crippen LogP contribution in [0.4, 0.5) is 0 Å². The lowest BCUT2D eigenvalue weighted by Crippen LogP contribution is -2.36. The normalized spacial score (nSPS) is 12.8. The van der Waals surface area contributed by atoms with Crippen molar-refractivity contribution in [1.82, 2.24) is 20.1 Å². The highest BCUT2D eigenvalue weighted by atomic mass is 32.2. The smallest absolute Gasteiger partial charge is 0.293 e. The third-order valence-electron chi connectivity index (χ3n) is 2.96. The van der Waals surface area contributed by atoms with Crippen LogP contribution in [0.15, 0.2) is 0 Å². The van der Waals surface area contributed by atoms with Gasteiger partial charge in [-0.1, -0.05) is 13.8 Å². The first-order chi connectivity index (χ1) is 8.47. The summed E-state index contributed by atoms with van der Waals surface area (Å²) in [5, 5.41) is 6.80. The van der Waals surface area contributed by atoms with Crippen LogP contribution in [0.2, 0.25) is 0 Å². The molecule has 0 saturated heterocycles. The lowest BCUT2D eigenvalue weighted by Gasteiger charge is -2.23. The summed E-state index contributed by atoms with van der Waals surface area (Å²) in [6.07, 6.45) is 3.05. The largest absolute Gasteiger partial charge is 0.336 e. The lowest BCUT2D eigenvalue weighted by atomic mass is 10.2. The maximum atomic E-state index is 12.2. The van der Waals surface area contributed by atoms with Crippen LogP contribution >= 0.6 is 11.8 Å². The van der Waals surface area contributed by atoms with Gasteiger partial charge < -0.3 is 4.90 Å². The number of amides is 1. The Bertz CT molecular complexity index is 391. The van der Waals surface area contributed by atoms with E-state index < -0.39 is 0 Å². The number of hydrogen-bond acceptors (Lipinski definition) is 4. The second kappa shape index (κ2) is 6.78. The fourth-order valence-corrected chi connectivity index (χ4v) is 2.04. The van der Waals surface area contributed by atoms with Crippen LogP contribution in [0.3, 0.4) is 0 Å². The predicted octanol–water partition coefficient (Wildman–Crippen LogP) is 2.14. The average Bonchev–Trinajstić information content (AvgIpc) is 2.83. The molecule has 1 amide bonds. The van der Waals surface area contributed by atoms with Gasteiger partial charge in [0.05, 0.1) is 0 Å². The molecule has 1 heterocycles. The van der Waals surface area contributed by atoms with Crippen molar-refractivity contribution >= 4 is 17.7 Å². The Balaban J connectivity index is 2.67. The minimum Gasteiger partial charge on any atom is -0.336 e. The van der Waals surface area contributed by atoms with E-state index in [4.69, 9.17) is 0 Å². The maximum Gasteiger partial charge on any atom is 0.293 e. The first-order valence-corrected chi connectivity index (χ1v) is 7.55. The van der Waals surface area contributed by atoms with E-state index in [-0.39, 0.29) is 23.7 Å². The summed E-state index contributed by atoms with van der Waals surface area (Å²) >= 11 is 1.79. The number of thioether (sulfide) groups is 1. The van der Waals surface area contributed by atoms with E-state index in [9.17, 15) is 4.79 Å². The molecule has 0 aliphatic carbocycles. The Morgan fingerprint density at radius 3 is 2.61 bits per heavy atom. The summed E-state index contributed by atoms with van der Waals surface area (Å²) in [5.74, 6) is 2.19. The van der Waals surface area contributed by atoms with Crippen molar-refractivity contribution in [2.45, 2.75) is 39.2 Å². The van der Waals surface area contributed by atoms with Crippen molar-refractivity contribution in [3.05, 3.63) is 11.6 Å². The number of nitrogens with zero attached hydrogens (tertiary/aromatic N) is 3. The summed E-state index contributed by atoms with van der Waals surface area (Å²) in [6, 6.07) is 0.200. The molecular formula is C12H22N4OS. The molecule has 1 rings (SSSR count). The van der Waals surface area contributed by atoms with Crippen LogP contribution in [0, 0.1) is 0 Å². The zero-order valence-corrected chi connectivity index (χ0v) is 12.5. The van der Waals surface area contributed by atoms with E-state index in [1.807, 2.05) is 20.8 Å². The zero-order chi connectivity index (χ0) is 13.7. The van der Waals surface area contributed by atoms with E-state index in [1.54, 1.807) is 23.7 Å². The number of hydrogen-bond donors (Lipinski definition) is 1. The molecule has 1 N–H and O–H groups in total. The molecule has 0 bridgehead atoms. The molecule has 102 valence electrons. The van der Waals surface area contributed by atoms with Gasteiger partial charge in [-0.3, -0.25) is 9.89 Å². The van der Waals surface area contributed by atoms with Gasteiger partial charge in [-0.25, -0.2) is 4.98 Å². The van der Waals surface area contributed by atoms with Gasteiger partial charge in [0.25, 0.3) is 5.91 Å².